The summed E-state index contributed by atoms with van der Waals surface area (Å²) in [6.45, 7) is 1.52. The Morgan fingerprint density at radius 3 is 3.00 bits per heavy atom. The minimum atomic E-state index is -0.428. The van der Waals surface area contributed by atoms with E-state index in [1.807, 2.05) is 30.5 Å². The van der Waals surface area contributed by atoms with Gasteiger partial charge in [-0.25, -0.2) is 14.8 Å². The molecule has 4 rings (SSSR count). The van der Waals surface area contributed by atoms with Crippen molar-refractivity contribution in [2.24, 2.45) is 0 Å². The van der Waals surface area contributed by atoms with Crippen LogP contribution in [0, 0.1) is 0 Å². The van der Waals surface area contributed by atoms with Gasteiger partial charge in [-0.15, -0.1) is 0 Å². The third-order valence-electron chi connectivity index (χ3n) is 4.10. The summed E-state index contributed by atoms with van der Waals surface area (Å²) < 4.78 is 5.28. The molecule has 1 fully saturated rings. The standard InChI is InChI=1S/C17H17N5O2/c23-17(24-13-4-2-1-3-5-13)21-12-7-9-22(10-12)16-14-6-8-18-15(14)19-11-20-16/h1-6,8,11-12H,7,9-10H2,(H,21,23)(H,18,19,20). The summed E-state index contributed by atoms with van der Waals surface area (Å²) in [5.74, 6) is 1.43. The van der Waals surface area contributed by atoms with Crippen molar-refractivity contribution < 1.29 is 9.53 Å². The Kier molecular flexibility index (Phi) is 3.74. The van der Waals surface area contributed by atoms with Crippen LogP contribution in [-0.4, -0.2) is 40.2 Å². The smallest absolute Gasteiger partial charge is 0.410 e. The molecule has 24 heavy (non-hydrogen) atoms. The van der Waals surface area contributed by atoms with Crippen LogP contribution < -0.4 is 15.0 Å². The van der Waals surface area contributed by atoms with E-state index in [0.29, 0.717) is 12.3 Å². The number of ether oxygens (including phenoxy) is 1. The Labute approximate surface area is 138 Å². The van der Waals surface area contributed by atoms with Gasteiger partial charge in [0.25, 0.3) is 0 Å². The number of rotatable bonds is 3. The van der Waals surface area contributed by atoms with Gasteiger partial charge in [0.2, 0.25) is 0 Å². The predicted octanol–water partition coefficient (Wildman–Crippen LogP) is 2.33. The number of para-hydroxylation sites is 1. The first-order valence-electron chi connectivity index (χ1n) is 7.86. The summed E-state index contributed by atoms with van der Waals surface area (Å²) in [5.41, 5.74) is 0.819. The molecule has 0 radical (unpaired) electrons. The van der Waals surface area contributed by atoms with Crippen LogP contribution in [-0.2, 0) is 0 Å². The third-order valence-corrected chi connectivity index (χ3v) is 4.10. The van der Waals surface area contributed by atoms with Crippen LogP contribution in [0.25, 0.3) is 11.0 Å². The quantitative estimate of drug-likeness (QED) is 0.773. The number of aromatic amines is 1. The van der Waals surface area contributed by atoms with Crippen molar-refractivity contribution in [1.29, 1.82) is 0 Å². The van der Waals surface area contributed by atoms with Gasteiger partial charge < -0.3 is 19.9 Å². The summed E-state index contributed by atoms with van der Waals surface area (Å²) in [4.78, 5) is 25.8. The lowest BCUT2D eigenvalue weighted by Crippen LogP contribution is -2.38. The number of H-pyrrole nitrogens is 1. The van der Waals surface area contributed by atoms with Crippen LogP contribution in [0.1, 0.15) is 6.42 Å². The molecular formula is C17H17N5O2. The van der Waals surface area contributed by atoms with Crippen LogP contribution in [0.5, 0.6) is 5.75 Å². The highest BCUT2D eigenvalue weighted by Gasteiger charge is 2.26. The van der Waals surface area contributed by atoms with Crippen molar-refractivity contribution in [2.45, 2.75) is 12.5 Å². The Morgan fingerprint density at radius 2 is 2.12 bits per heavy atom. The number of aromatic nitrogens is 3. The third kappa shape index (κ3) is 2.88. The van der Waals surface area contributed by atoms with Crippen LogP contribution in [0.15, 0.2) is 48.9 Å². The molecule has 0 saturated carbocycles. The molecule has 1 saturated heterocycles. The van der Waals surface area contributed by atoms with Crippen molar-refractivity contribution in [3.63, 3.8) is 0 Å². The van der Waals surface area contributed by atoms with Gasteiger partial charge in [0.05, 0.1) is 11.4 Å². The van der Waals surface area contributed by atoms with E-state index in [0.717, 1.165) is 29.8 Å². The molecule has 1 aliphatic rings. The van der Waals surface area contributed by atoms with Crippen molar-refractivity contribution in [2.75, 3.05) is 18.0 Å². The zero-order valence-electron chi connectivity index (χ0n) is 13.0. The van der Waals surface area contributed by atoms with E-state index in [4.69, 9.17) is 4.74 Å². The van der Waals surface area contributed by atoms with Crippen LogP contribution >= 0.6 is 0 Å². The molecule has 1 aromatic carbocycles. The van der Waals surface area contributed by atoms with Crippen LogP contribution in [0.2, 0.25) is 0 Å². The van der Waals surface area contributed by atoms with E-state index >= 15 is 0 Å². The summed E-state index contributed by atoms with van der Waals surface area (Å²) in [5, 5.41) is 3.91. The van der Waals surface area contributed by atoms with Gasteiger partial charge in [0, 0.05) is 19.3 Å². The SMILES string of the molecule is O=C(NC1CCN(c2ncnc3[nH]ccc23)C1)Oc1ccccc1. The lowest BCUT2D eigenvalue weighted by Gasteiger charge is -2.18. The first-order valence-corrected chi connectivity index (χ1v) is 7.86. The fraction of sp³-hybridized carbons (Fsp3) is 0.235. The number of carbonyl (C=O) groups excluding carboxylic acids is 1. The number of benzene rings is 1. The molecular weight excluding hydrogens is 306 g/mol. The molecule has 0 spiro atoms. The maximum absolute atomic E-state index is 12.0. The maximum Gasteiger partial charge on any atom is 0.412 e. The molecule has 1 amide bonds. The number of hydrogen-bond acceptors (Lipinski definition) is 5. The lowest BCUT2D eigenvalue weighted by molar-refractivity contribution is 0.197. The van der Waals surface area contributed by atoms with Crippen LogP contribution in [0.3, 0.4) is 0 Å². The molecule has 1 atom stereocenters. The van der Waals surface area contributed by atoms with Crippen LogP contribution in [0.4, 0.5) is 10.6 Å². The average Bonchev–Trinajstić information content (AvgIpc) is 3.24. The highest BCUT2D eigenvalue weighted by atomic mass is 16.6. The van der Waals surface area contributed by atoms with Gasteiger partial charge in [-0.05, 0) is 24.6 Å². The molecule has 0 bridgehead atoms. The molecule has 2 aromatic heterocycles. The number of hydrogen-bond donors (Lipinski definition) is 2. The number of amides is 1. The van der Waals surface area contributed by atoms with Gasteiger partial charge >= 0.3 is 6.09 Å². The molecule has 3 aromatic rings. The van der Waals surface area contributed by atoms with E-state index in [1.165, 1.54) is 0 Å². The van der Waals surface area contributed by atoms with Crippen molar-refractivity contribution in [3.8, 4) is 5.75 Å². The van der Waals surface area contributed by atoms with E-state index in [2.05, 4.69) is 25.2 Å². The zero-order valence-corrected chi connectivity index (χ0v) is 13.0. The summed E-state index contributed by atoms with van der Waals surface area (Å²) in [6.07, 6.45) is 3.83. The number of fused-ring (bicyclic) bond motifs is 1. The van der Waals surface area contributed by atoms with Crippen molar-refractivity contribution in [1.82, 2.24) is 20.3 Å². The van der Waals surface area contributed by atoms with Crippen molar-refractivity contribution >= 4 is 22.9 Å². The summed E-state index contributed by atoms with van der Waals surface area (Å²) in [6, 6.07) is 11.0. The van der Waals surface area contributed by atoms with Crippen molar-refractivity contribution in [3.05, 3.63) is 48.9 Å². The van der Waals surface area contributed by atoms with Gasteiger partial charge in [-0.3, -0.25) is 0 Å². The van der Waals surface area contributed by atoms with E-state index in [1.54, 1.807) is 18.5 Å². The monoisotopic (exact) mass is 323 g/mol. The lowest BCUT2D eigenvalue weighted by atomic mass is 10.3. The minimum Gasteiger partial charge on any atom is -0.410 e. The predicted molar refractivity (Wildman–Crippen MR) is 90.1 cm³/mol. The molecule has 7 heteroatoms. The fourth-order valence-electron chi connectivity index (χ4n) is 2.97. The second kappa shape index (κ2) is 6.19. The molecule has 1 aliphatic heterocycles. The second-order valence-corrected chi connectivity index (χ2v) is 5.72. The van der Waals surface area contributed by atoms with Gasteiger partial charge in [-0.1, -0.05) is 18.2 Å². The number of nitrogens with zero attached hydrogens (tertiary/aromatic N) is 3. The summed E-state index contributed by atoms with van der Waals surface area (Å²) in [7, 11) is 0. The maximum atomic E-state index is 12.0. The Morgan fingerprint density at radius 1 is 1.25 bits per heavy atom. The largest absolute Gasteiger partial charge is 0.412 e. The van der Waals surface area contributed by atoms with Gasteiger partial charge in [0.15, 0.2) is 0 Å². The molecule has 7 nitrogen and oxygen atoms in total. The first kappa shape index (κ1) is 14.5. The van der Waals surface area contributed by atoms with E-state index in [-0.39, 0.29) is 6.04 Å². The normalized spacial score (nSPS) is 17.2. The Hall–Kier alpha value is -3.09. The number of nitrogens with one attached hydrogen (secondary N) is 2. The Balaban J connectivity index is 1.40. The zero-order chi connectivity index (χ0) is 16.4. The van der Waals surface area contributed by atoms with Gasteiger partial charge in [0.1, 0.15) is 23.5 Å². The minimum absolute atomic E-state index is 0.0326. The summed E-state index contributed by atoms with van der Waals surface area (Å²) >= 11 is 0. The topological polar surface area (TPSA) is 83.1 Å². The molecule has 3 heterocycles. The second-order valence-electron chi connectivity index (χ2n) is 5.72. The molecule has 0 aliphatic carbocycles. The van der Waals surface area contributed by atoms with Gasteiger partial charge in [-0.2, -0.15) is 0 Å². The van der Waals surface area contributed by atoms with E-state index in [9.17, 15) is 4.79 Å². The fourth-order valence-corrected chi connectivity index (χ4v) is 2.97. The molecule has 1 unspecified atom stereocenters. The first-order chi connectivity index (χ1) is 11.8. The van der Waals surface area contributed by atoms with E-state index < -0.39 is 6.09 Å². The number of anilines is 1. The number of carbonyl (C=O) groups is 1. The highest BCUT2D eigenvalue weighted by molar-refractivity contribution is 5.87. The Bertz CT molecular complexity index is 848. The molecule has 2 N–H and O–H groups in total. The average molecular weight is 323 g/mol. The highest BCUT2D eigenvalue weighted by Crippen LogP contribution is 2.25. The molecule has 122 valence electrons.